The predicted molar refractivity (Wildman–Crippen MR) is 128 cm³/mol. The van der Waals surface area contributed by atoms with E-state index in [2.05, 4.69) is 25.1 Å². The first-order chi connectivity index (χ1) is 15.8. The van der Waals surface area contributed by atoms with Crippen molar-refractivity contribution in [1.29, 1.82) is 0 Å². The van der Waals surface area contributed by atoms with Crippen LogP contribution in [0.15, 0.2) is 97.1 Å². The summed E-state index contributed by atoms with van der Waals surface area (Å²) in [6.07, 6.45) is 0.853. The van der Waals surface area contributed by atoms with E-state index in [1.165, 1.54) is 16.7 Å². The molecule has 5 rings (SSSR count). The predicted octanol–water partition coefficient (Wildman–Crippen LogP) is 6.48. The number of phenols is 1. The Bertz CT molecular complexity index is 1330. The van der Waals surface area contributed by atoms with Gasteiger partial charge in [-0.25, -0.2) is 4.57 Å². The zero-order chi connectivity index (χ0) is 23.1. The van der Waals surface area contributed by atoms with E-state index in [1.807, 2.05) is 24.3 Å². The quantitative estimate of drug-likeness (QED) is 0.310. The molecule has 4 aromatic carbocycles. The molecule has 1 aliphatic carbocycles. The Labute approximate surface area is 192 Å². The number of phosphoric acid groups is 1. The van der Waals surface area contributed by atoms with E-state index in [-0.39, 0.29) is 22.7 Å². The lowest BCUT2D eigenvalue weighted by Crippen LogP contribution is -2.06. The maximum Gasteiger partial charge on any atom is 0.584 e. The molecule has 2 N–H and O–H groups in total. The van der Waals surface area contributed by atoms with Gasteiger partial charge in [0.2, 0.25) is 0 Å². The van der Waals surface area contributed by atoms with Crippen LogP contribution in [0.25, 0.3) is 11.1 Å². The molecule has 0 spiro atoms. The van der Waals surface area contributed by atoms with Gasteiger partial charge in [-0.2, -0.15) is 0 Å². The molecule has 0 radical (unpaired) electrons. The van der Waals surface area contributed by atoms with Crippen molar-refractivity contribution in [3.05, 3.63) is 114 Å². The summed E-state index contributed by atoms with van der Waals surface area (Å²) < 4.78 is 22.7. The topological polar surface area (TPSA) is 76.0 Å². The van der Waals surface area contributed by atoms with Crippen LogP contribution in [-0.2, 0) is 16.4 Å². The van der Waals surface area contributed by atoms with Gasteiger partial charge in [-0.3, -0.25) is 4.89 Å². The first kappa shape index (κ1) is 21.3. The van der Waals surface area contributed by atoms with E-state index in [1.54, 1.807) is 54.6 Å². The fourth-order valence-corrected chi connectivity index (χ4v) is 5.19. The highest BCUT2D eigenvalue weighted by Crippen LogP contribution is 2.56. The molecule has 166 valence electrons. The average Bonchev–Trinajstić information content (AvgIpc) is 3.40. The van der Waals surface area contributed by atoms with Crippen molar-refractivity contribution in [3.63, 3.8) is 0 Å². The SMILES string of the molecule is CC1(Cc2ccc(O)cc2)c2cccc(-c3ccc(OP(=O)(O)Oc4ccccc4)cc3)c21. The summed E-state index contributed by atoms with van der Waals surface area (Å²) in [5.41, 5.74) is 5.85. The normalized spacial score (nSPS) is 18.1. The summed E-state index contributed by atoms with van der Waals surface area (Å²) in [7, 11) is -4.30. The van der Waals surface area contributed by atoms with Crippen molar-refractivity contribution in [2.24, 2.45) is 0 Å². The summed E-state index contributed by atoms with van der Waals surface area (Å²) in [6, 6.07) is 29.1. The molecule has 33 heavy (non-hydrogen) atoms. The number of hydrogen-bond donors (Lipinski definition) is 2. The Hall–Kier alpha value is -3.53. The molecule has 0 heterocycles. The summed E-state index contributed by atoms with van der Waals surface area (Å²) >= 11 is 0. The number of phosphoric ester groups is 1. The second-order valence-electron chi connectivity index (χ2n) is 8.39. The monoisotopic (exact) mass is 458 g/mol. The minimum atomic E-state index is -4.30. The zero-order valence-electron chi connectivity index (χ0n) is 18.0. The number of benzene rings is 4. The average molecular weight is 458 g/mol. The number of aromatic hydroxyl groups is 1. The molecule has 1 aliphatic rings. The first-order valence-electron chi connectivity index (χ1n) is 10.6. The lowest BCUT2D eigenvalue weighted by atomic mass is 9.92. The van der Waals surface area contributed by atoms with E-state index >= 15 is 0 Å². The van der Waals surface area contributed by atoms with Gasteiger partial charge in [-0.1, -0.05) is 67.6 Å². The van der Waals surface area contributed by atoms with Gasteiger partial charge in [-0.15, -0.1) is 0 Å². The highest BCUT2D eigenvalue weighted by Gasteiger charge is 2.47. The van der Waals surface area contributed by atoms with E-state index in [0.29, 0.717) is 0 Å². The maximum absolute atomic E-state index is 12.3. The van der Waals surface area contributed by atoms with E-state index in [4.69, 9.17) is 9.05 Å². The van der Waals surface area contributed by atoms with E-state index in [9.17, 15) is 14.6 Å². The molecule has 0 aromatic heterocycles. The van der Waals surface area contributed by atoms with Crippen LogP contribution in [0.4, 0.5) is 0 Å². The van der Waals surface area contributed by atoms with E-state index in [0.717, 1.165) is 17.5 Å². The van der Waals surface area contributed by atoms with Crippen molar-refractivity contribution in [1.82, 2.24) is 0 Å². The van der Waals surface area contributed by atoms with Crippen LogP contribution in [0.3, 0.4) is 0 Å². The van der Waals surface area contributed by atoms with E-state index < -0.39 is 7.82 Å². The first-order valence-corrected chi connectivity index (χ1v) is 12.1. The summed E-state index contributed by atoms with van der Waals surface area (Å²) in [6.45, 7) is 2.23. The highest BCUT2D eigenvalue weighted by atomic mass is 31.2. The minimum absolute atomic E-state index is 0.0602. The summed E-state index contributed by atoms with van der Waals surface area (Å²) in [5, 5.41) is 9.55. The molecule has 0 aliphatic heterocycles. The van der Waals surface area contributed by atoms with Crippen LogP contribution < -0.4 is 9.05 Å². The molecular weight excluding hydrogens is 435 g/mol. The van der Waals surface area contributed by atoms with Gasteiger partial charge in [0.25, 0.3) is 0 Å². The van der Waals surface area contributed by atoms with Gasteiger partial charge >= 0.3 is 7.82 Å². The Morgan fingerprint density at radius 2 is 1.42 bits per heavy atom. The van der Waals surface area contributed by atoms with Crippen LogP contribution in [0.5, 0.6) is 17.2 Å². The maximum atomic E-state index is 12.3. The molecular formula is C27H23O5P. The lowest BCUT2D eigenvalue weighted by molar-refractivity contribution is 0.291. The Kier molecular flexibility index (Phi) is 5.24. The second-order valence-corrected chi connectivity index (χ2v) is 9.69. The molecule has 0 amide bonds. The molecule has 0 saturated heterocycles. The molecule has 4 aromatic rings. The fourth-order valence-electron chi connectivity index (χ4n) is 4.38. The molecule has 6 heteroatoms. The summed E-state index contributed by atoms with van der Waals surface area (Å²) in [5.74, 6) is 0.784. The van der Waals surface area contributed by atoms with Gasteiger partial charge in [-0.05, 0) is 70.6 Å². The summed E-state index contributed by atoms with van der Waals surface area (Å²) in [4.78, 5) is 10.1. The van der Waals surface area contributed by atoms with Gasteiger partial charge in [0.1, 0.15) is 17.2 Å². The number of fused-ring (bicyclic) bond motifs is 1. The van der Waals surface area contributed by atoms with Crippen LogP contribution in [0.2, 0.25) is 0 Å². The number of hydrogen-bond acceptors (Lipinski definition) is 4. The van der Waals surface area contributed by atoms with Crippen LogP contribution >= 0.6 is 7.82 Å². The molecule has 2 unspecified atom stereocenters. The zero-order valence-corrected chi connectivity index (χ0v) is 18.9. The number of para-hydroxylation sites is 1. The molecule has 0 bridgehead atoms. The molecule has 2 atom stereocenters. The third-order valence-electron chi connectivity index (χ3n) is 5.99. The lowest BCUT2D eigenvalue weighted by Gasteiger charge is -2.14. The number of rotatable bonds is 7. The fraction of sp³-hybridized carbons (Fsp3) is 0.111. The van der Waals surface area contributed by atoms with Crippen molar-refractivity contribution in [2.75, 3.05) is 0 Å². The second kappa shape index (κ2) is 8.11. The highest BCUT2D eigenvalue weighted by molar-refractivity contribution is 7.48. The van der Waals surface area contributed by atoms with Gasteiger partial charge in [0, 0.05) is 5.41 Å². The molecule has 0 fully saturated rings. The van der Waals surface area contributed by atoms with Crippen molar-refractivity contribution in [3.8, 4) is 28.4 Å². The standard InChI is InChI=1S/C27H23O5P/c1-27(18-19-10-14-21(28)15-11-19)25-9-5-8-24(26(25)27)20-12-16-23(17-13-20)32-33(29,30)31-22-6-3-2-4-7-22/h2-17,28H,18H2,1H3,(H,29,30). The van der Waals surface area contributed by atoms with Crippen molar-refractivity contribution in [2.45, 2.75) is 18.8 Å². The van der Waals surface area contributed by atoms with Crippen molar-refractivity contribution < 1.29 is 23.6 Å². The third-order valence-corrected chi connectivity index (χ3v) is 6.88. The third kappa shape index (κ3) is 4.38. The van der Waals surface area contributed by atoms with Crippen molar-refractivity contribution >= 4 is 7.82 Å². The number of phenolic OH excluding ortho intramolecular Hbond substituents is 1. The van der Waals surface area contributed by atoms with Gasteiger partial charge < -0.3 is 14.2 Å². The van der Waals surface area contributed by atoms with Gasteiger partial charge in [0.15, 0.2) is 0 Å². The largest absolute Gasteiger partial charge is 0.584 e. The molecule has 0 saturated carbocycles. The Morgan fingerprint density at radius 1 is 0.788 bits per heavy atom. The Morgan fingerprint density at radius 3 is 2.09 bits per heavy atom. The smallest absolute Gasteiger partial charge is 0.508 e. The van der Waals surface area contributed by atoms with Gasteiger partial charge in [0.05, 0.1) is 0 Å². The van der Waals surface area contributed by atoms with Crippen LogP contribution in [-0.4, -0.2) is 10.00 Å². The van der Waals surface area contributed by atoms with Crippen LogP contribution in [0, 0.1) is 0 Å². The molecule has 5 nitrogen and oxygen atoms in total. The minimum Gasteiger partial charge on any atom is -0.508 e. The van der Waals surface area contributed by atoms with Crippen LogP contribution in [0.1, 0.15) is 23.6 Å². The Balaban J connectivity index is 1.33.